The summed E-state index contributed by atoms with van der Waals surface area (Å²) >= 11 is 0. The molecule has 22 heavy (non-hydrogen) atoms. The summed E-state index contributed by atoms with van der Waals surface area (Å²) in [5.74, 6) is -0.812. The molecule has 0 spiro atoms. The molecule has 5 nitrogen and oxygen atoms in total. The number of pyridine rings is 1. The van der Waals surface area contributed by atoms with E-state index in [0.29, 0.717) is 26.1 Å². The largest absolute Gasteiger partial charge is 0.336 e. The number of nitrogens with zero attached hydrogens (tertiary/aromatic N) is 3. The predicted octanol–water partition coefficient (Wildman–Crippen LogP) is 1.52. The molecule has 1 fully saturated rings. The lowest BCUT2D eigenvalue weighted by atomic mass is 10.1. The Labute approximate surface area is 128 Å². The van der Waals surface area contributed by atoms with Gasteiger partial charge in [-0.05, 0) is 24.6 Å². The van der Waals surface area contributed by atoms with Crippen molar-refractivity contribution < 1.29 is 14.0 Å². The van der Waals surface area contributed by atoms with Crippen LogP contribution in [-0.2, 0) is 16.1 Å². The molecular weight excluding hydrogens is 285 g/mol. The lowest BCUT2D eigenvalue weighted by Gasteiger charge is -2.27. The molecule has 1 aromatic heterocycles. The SMILES string of the molecule is O=C1CC(C(=O)N2CCC=C(F)C2)CN1Cc1ccccn1. The van der Waals surface area contributed by atoms with E-state index in [2.05, 4.69) is 4.98 Å². The minimum absolute atomic E-state index is 0.0315. The second kappa shape index (κ2) is 6.25. The summed E-state index contributed by atoms with van der Waals surface area (Å²) in [6.45, 7) is 1.36. The molecule has 116 valence electrons. The molecule has 1 aromatic rings. The molecule has 0 N–H and O–H groups in total. The number of rotatable bonds is 3. The Morgan fingerprint density at radius 1 is 1.41 bits per heavy atom. The molecule has 0 aromatic carbocycles. The van der Waals surface area contributed by atoms with Crippen LogP contribution in [0.15, 0.2) is 36.3 Å². The van der Waals surface area contributed by atoms with E-state index in [1.165, 1.54) is 11.0 Å². The zero-order valence-corrected chi connectivity index (χ0v) is 12.2. The van der Waals surface area contributed by atoms with Gasteiger partial charge in [0.2, 0.25) is 11.8 Å². The fourth-order valence-corrected chi connectivity index (χ4v) is 2.93. The quantitative estimate of drug-likeness (QED) is 0.850. The lowest BCUT2D eigenvalue weighted by molar-refractivity contribution is -0.135. The molecule has 1 atom stereocenters. The second-order valence-corrected chi connectivity index (χ2v) is 5.70. The van der Waals surface area contributed by atoms with Crippen LogP contribution in [0, 0.1) is 5.92 Å². The first kappa shape index (κ1) is 14.7. The number of aromatic nitrogens is 1. The molecule has 0 saturated carbocycles. The number of likely N-dealkylation sites (tertiary alicyclic amines) is 1. The summed E-state index contributed by atoms with van der Waals surface area (Å²) < 4.78 is 13.3. The van der Waals surface area contributed by atoms with E-state index in [1.54, 1.807) is 11.1 Å². The molecule has 2 aliphatic heterocycles. The third-order valence-electron chi connectivity index (χ3n) is 4.06. The van der Waals surface area contributed by atoms with Crippen LogP contribution in [0.25, 0.3) is 0 Å². The standard InChI is InChI=1S/C16H18FN3O2/c17-13-4-3-7-19(10-13)16(22)12-8-15(21)20(9-12)11-14-5-1-2-6-18-14/h1-2,4-6,12H,3,7-11H2. The summed E-state index contributed by atoms with van der Waals surface area (Å²) in [7, 11) is 0. The molecule has 0 bridgehead atoms. The molecule has 1 saturated heterocycles. The van der Waals surface area contributed by atoms with Gasteiger partial charge in [0, 0.05) is 25.7 Å². The zero-order valence-electron chi connectivity index (χ0n) is 12.2. The molecule has 2 aliphatic rings. The van der Waals surface area contributed by atoms with Crippen molar-refractivity contribution in [2.24, 2.45) is 5.92 Å². The van der Waals surface area contributed by atoms with Gasteiger partial charge in [-0.25, -0.2) is 4.39 Å². The summed E-state index contributed by atoms with van der Waals surface area (Å²) in [5, 5.41) is 0. The second-order valence-electron chi connectivity index (χ2n) is 5.70. The average Bonchev–Trinajstić information content (AvgIpc) is 2.88. The van der Waals surface area contributed by atoms with Crippen molar-refractivity contribution >= 4 is 11.8 Å². The number of halogens is 1. The van der Waals surface area contributed by atoms with Crippen LogP contribution < -0.4 is 0 Å². The van der Waals surface area contributed by atoms with E-state index in [1.807, 2.05) is 18.2 Å². The van der Waals surface area contributed by atoms with Crippen molar-refractivity contribution in [1.82, 2.24) is 14.8 Å². The third-order valence-corrected chi connectivity index (χ3v) is 4.06. The zero-order chi connectivity index (χ0) is 15.5. The van der Waals surface area contributed by atoms with Crippen LogP contribution in [-0.4, -0.2) is 46.2 Å². The predicted molar refractivity (Wildman–Crippen MR) is 78.1 cm³/mol. The van der Waals surface area contributed by atoms with Crippen LogP contribution in [0.1, 0.15) is 18.5 Å². The van der Waals surface area contributed by atoms with Crippen molar-refractivity contribution in [3.63, 3.8) is 0 Å². The van der Waals surface area contributed by atoms with Crippen molar-refractivity contribution in [2.75, 3.05) is 19.6 Å². The molecule has 0 radical (unpaired) electrons. The molecular formula is C16H18FN3O2. The van der Waals surface area contributed by atoms with E-state index < -0.39 is 0 Å². The summed E-state index contributed by atoms with van der Waals surface area (Å²) in [6.07, 6.45) is 3.93. The van der Waals surface area contributed by atoms with Crippen molar-refractivity contribution in [1.29, 1.82) is 0 Å². The van der Waals surface area contributed by atoms with Gasteiger partial charge in [-0.2, -0.15) is 0 Å². The Morgan fingerprint density at radius 3 is 3.00 bits per heavy atom. The third kappa shape index (κ3) is 3.16. The molecule has 3 rings (SSSR count). The molecule has 1 unspecified atom stereocenters. The fourth-order valence-electron chi connectivity index (χ4n) is 2.93. The molecule has 0 aliphatic carbocycles. The Bertz CT molecular complexity index is 603. The topological polar surface area (TPSA) is 53.5 Å². The number of hydrogen-bond acceptors (Lipinski definition) is 3. The first-order chi connectivity index (χ1) is 10.6. The van der Waals surface area contributed by atoms with Gasteiger partial charge in [-0.3, -0.25) is 14.6 Å². The first-order valence-electron chi connectivity index (χ1n) is 7.44. The summed E-state index contributed by atoms with van der Waals surface area (Å²) in [4.78, 5) is 31.9. The fraction of sp³-hybridized carbons (Fsp3) is 0.438. The maximum Gasteiger partial charge on any atom is 0.228 e. The minimum atomic E-state index is -0.373. The van der Waals surface area contributed by atoms with E-state index in [4.69, 9.17) is 0 Å². The number of carbonyl (C=O) groups excluding carboxylic acids is 2. The van der Waals surface area contributed by atoms with E-state index >= 15 is 0 Å². The van der Waals surface area contributed by atoms with Gasteiger partial charge in [0.25, 0.3) is 0 Å². The number of amides is 2. The number of hydrogen-bond donors (Lipinski definition) is 0. The smallest absolute Gasteiger partial charge is 0.228 e. The molecule has 6 heteroatoms. The van der Waals surface area contributed by atoms with Crippen LogP contribution in [0.4, 0.5) is 4.39 Å². The number of carbonyl (C=O) groups is 2. The van der Waals surface area contributed by atoms with Crippen LogP contribution in [0.2, 0.25) is 0 Å². The van der Waals surface area contributed by atoms with Gasteiger partial charge in [0.1, 0.15) is 5.83 Å². The highest BCUT2D eigenvalue weighted by molar-refractivity contribution is 5.89. The van der Waals surface area contributed by atoms with Crippen molar-refractivity contribution in [2.45, 2.75) is 19.4 Å². The van der Waals surface area contributed by atoms with E-state index in [-0.39, 0.29) is 36.5 Å². The maximum atomic E-state index is 13.3. The van der Waals surface area contributed by atoms with Gasteiger partial charge in [-0.1, -0.05) is 6.07 Å². The Kier molecular flexibility index (Phi) is 4.18. The van der Waals surface area contributed by atoms with E-state index in [0.717, 1.165) is 5.69 Å². The van der Waals surface area contributed by atoms with Gasteiger partial charge < -0.3 is 9.80 Å². The Balaban J connectivity index is 1.62. The molecule has 2 amide bonds. The van der Waals surface area contributed by atoms with Crippen molar-refractivity contribution in [3.05, 3.63) is 42.0 Å². The molecule has 3 heterocycles. The first-order valence-corrected chi connectivity index (χ1v) is 7.44. The minimum Gasteiger partial charge on any atom is -0.336 e. The average molecular weight is 303 g/mol. The maximum absolute atomic E-state index is 13.3. The normalized spacial score (nSPS) is 22.0. The highest BCUT2D eigenvalue weighted by Crippen LogP contribution is 2.23. The lowest BCUT2D eigenvalue weighted by Crippen LogP contribution is -2.40. The monoisotopic (exact) mass is 303 g/mol. The van der Waals surface area contributed by atoms with Crippen LogP contribution in [0.3, 0.4) is 0 Å². The Morgan fingerprint density at radius 2 is 2.27 bits per heavy atom. The van der Waals surface area contributed by atoms with Gasteiger partial charge in [0.15, 0.2) is 0 Å². The Hall–Kier alpha value is -2.24. The summed E-state index contributed by atoms with van der Waals surface area (Å²) in [6, 6.07) is 5.54. The highest BCUT2D eigenvalue weighted by Gasteiger charge is 2.37. The summed E-state index contributed by atoms with van der Waals surface area (Å²) in [5.41, 5.74) is 0.802. The highest BCUT2D eigenvalue weighted by atomic mass is 19.1. The van der Waals surface area contributed by atoms with Crippen molar-refractivity contribution in [3.8, 4) is 0 Å². The van der Waals surface area contributed by atoms with Crippen LogP contribution in [0.5, 0.6) is 0 Å². The van der Waals surface area contributed by atoms with E-state index in [9.17, 15) is 14.0 Å². The van der Waals surface area contributed by atoms with Gasteiger partial charge in [-0.15, -0.1) is 0 Å². The van der Waals surface area contributed by atoms with Crippen LogP contribution >= 0.6 is 0 Å². The van der Waals surface area contributed by atoms with Gasteiger partial charge >= 0.3 is 0 Å². The van der Waals surface area contributed by atoms with Gasteiger partial charge in [0.05, 0.1) is 24.7 Å².